The first kappa shape index (κ1) is 20.3. The fourth-order valence-electron chi connectivity index (χ4n) is 3.77. The van der Waals surface area contributed by atoms with Crippen molar-refractivity contribution in [3.63, 3.8) is 0 Å². The number of hydrogen-bond donors (Lipinski definition) is 0. The van der Waals surface area contributed by atoms with E-state index >= 15 is 0 Å². The highest BCUT2D eigenvalue weighted by atomic mass is 32.2. The number of aryl methyl sites for hydroxylation is 1. The van der Waals surface area contributed by atoms with Crippen LogP contribution in [0, 0.1) is 13.8 Å². The van der Waals surface area contributed by atoms with Gasteiger partial charge in [0.05, 0.1) is 30.2 Å². The minimum absolute atomic E-state index is 0.0900. The van der Waals surface area contributed by atoms with E-state index in [1.165, 1.54) is 4.57 Å². The van der Waals surface area contributed by atoms with Crippen LogP contribution in [-0.4, -0.2) is 48.3 Å². The molecule has 1 aromatic carbocycles. The molecule has 2 heterocycles. The molecule has 0 spiro atoms. The number of hydrogen-bond acceptors (Lipinski definition) is 5. The van der Waals surface area contributed by atoms with Crippen LogP contribution in [0.15, 0.2) is 35.5 Å². The van der Waals surface area contributed by atoms with Crippen molar-refractivity contribution in [3.8, 4) is 0 Å². The van der Waals surface area contributed by atoms with E-state index in [1.54, 1.807) is 31.4 Å². The largest absolute Gasteiger partial charge is 0.383 e. The van der Waals surface area contributed by atoms with Crippen molar-refractivity contribution in [1.29, 1.82) is 0 Å². The lowest BCUT2D eigenvalue weighted by Crippen LogP contribution is -2.17. The Morgan fingerprint density at radius 3 is 2.57 bits per heavy atom. The molecule has 0 amide bonds. The highest BCUT2D eigenvalue weighted by Gasteiger charge is 2.24. The number of aromatic nitrogens is 3. The monoisotopic (exact) mass is 403 g/mol. The van der Waals surface area contributed by atoms with Crippen molar-refractivity contribution in [2.75, 3.05) is 20.0 Å². The summed E-state index contributed by atoms with van der Waals surface area (Å²) in [5, 5.41) is -0.0939. The molecule has 7 nitrogen and oxygen atoms in total. The third-order valence-electron chi connectivity index (χ3n) is 4.89. The number of carbonyl (C=O) groups is 1. The van der Waals surface area contributed by atoms with E-state index in [0.717, 1.165) is 17.6 Å². The van der Waals surface area contributed by atoms with Crippen molar-refractivity contribution in [3.05, 3.63) is 47.3 Å². The maximum absolute atomic E-state index is 13.1. The number of carbonyl (C=O) groups excluding carboxylic acids is 1. The summed E-state index contributed by atoms with van der Waals surface area (Å²) in [6.45, 7) is 6.32. The quantitative estimate of drug-likeness (QED) is 0.567. The number of methoxy groups -OCH3 is 1. The SMILES string of the molecule is COC[C@@H](C)n1c(C)cc(C(=O)Cn2c(S(C)(=O)=O)nc3ccccc32)c1C. The molecule has 8 heteroatoms. The summed E-state index contributed by atoms with van der Waals surface area (Å²) >= 11 is 0. The molecule has 0 radical (unpaired) electrons. The first-order chi connectivity index (χ1) is 13.1. The van der Waals surface area contributed by atoms with Crippen LogP contribution >= 0.6 is 0 Å². The van der Waals surface area contributed by atoms with Gasteiger partial charge in [0.2, 0.25) is 15.0 Å². The molecule has 0 bridgehead atoms. The maximum Gasteiger partial charge on any atom is 0.228 e. The van der Waals surface area contributed by atoms with Gasteiger partial charge in [0.1, 0.15) is 0 Å². The summed E-state index contributed by atoms with van der Waals surface area (Å²) < 4.78 is 33.2. The Morgan fingerprint density at radius 2 is 1.93 bits per heavy atom. The highest BCUT2D eigenvalue weighted by molar-refractivity contribution is 7.90. The second kappa shape index (κ2) is 7.52. The van der Waals surface area contributed by atoms with Gasteiger partial charge in [0, 0.05) is 30.3 Å². The number of para-hydroxylation sites is 2. The molecule has 150 valence electrons. The van der Waals surface area contributed by atoms with Gasteiger partial charge in [-0.15, -0.1) is 0 Å². The first-order valence-corrected chi connectivity index (χ1v) is 10.9. The number of rotatable bonds is 7. The van der Waals surface area contributed by atoms with Crippen LogP contribution < -0.4 is 0 Å². The van der Waals surface area contributed by atoms with Gasteiger partial charge in [-0.25, -0.2) is 13.4 Å². The predicted octanol–water partition coefficient (Wildman–Crippen LogP) is 2.95. The minimum atomic E-state index is -3.58. The maximum atomic E-state index is 13.1. The normalized spacial score (nSPS) is 13.2. The van der Waals surface area contributed by atoms with Crippen molar-refractivity contribution in [2.24, 2.45) is 0 Å². The third kappa shape index (κ3) is 3.62. The topological polar surface area (TPSA) is 83.2 Å². The molecule has 0 saturated carbocycles. The minimum Gasteiger partial charge on any atom is -0.383 e. The molecule has 0 aliphatic heterocycles. The average molecular weight is 404 g/mol. The van der Waals surface area contributed by atoms with E-state index in [9.17, 15) is 13.2 Å². The lowest BCUT2D eigenvalue weighted by Gasteiger charge is -2.17. The lowest BCUT2D eigenvalue weighted by molar-refractivity contribution is 0.0969. The summed E-state index contributed by atoms with van der Waals surface area (Å²) in [7, 11) is -1.93. The molecule has 1 atom stereocenters. The number of fused-ring (bicyclic) bond motifs is 1. The van der Waals surface area contributed by atoms with Crippen LogP contribution in [0.25, 0.3) is 11.0 Å². The molecule has 0 fully saturated rings. The molecule has 0 saturated heterocycles. The highest BCUT2D eigenvalue weighted by Crippen LogP contribution is 2.24. The standard InChI is InChI=1S/C20H25N3O4S/c1-13-10-16(15(3)23(13)14(2)12-27-4)19(24)11-22-18-9-7-6-8-17(18)21-20(22)28(5,25)26/h6-10,14H,11-12H2,1-5H3/t14-/m1/s1. The molecule has 0 N–H and O–H groups in total. The van der Waals surface area contributed by atoms with Crippen LogP contribution in [0.3, 0.4) is 0 Å². The van der Waals surface area contributed by atoms with E-state index < -0.39 is 9.84 Å². The Hall–Kier alpha value is -2.45. The van der Waals surface area contributed by atoms with Crippen LogP contribution in [0.1, 0.15) is 34.7 Å². The van der Waals surface area contributed by atoms with Gasteiger partial charge >= 0.3 is 0 Å². The van der Waals surface area contributed by atoms with E-state index in [1.807, 2.05) is 26.8 Å². The number of nitrogens with zero attached hydrogens (tertiary/aromatic N) is 3. The van der Waals surface area contributed by atoms with E-state index in [0.29, 0.717) is 23.2 Å². The summed E-state index contributed by atoms with van der Waals surface area (Å²) in [5.74, 6) is -0.156. The first-order valence-electron chi connectivity index (χ1n) is 9.01. The number of imidazole rings is 1. The summed E-state index contributed by atoms with van der Waals surface area (Å²) in [5.41, 5.74) is 3.56. The predicted molar refractivity (Wildman–Crippen MR) is 108 cm³/mol. The zero-order chi connectivity index (χ0) is 20.6. The smallest absolute Gasteiger partial charge is 0.228 e. The Bertz CT molecular complexity index is 1140. The summed E-state index contributed by atoms with van der Waals surface area (Å²) in [4.78, 5) is 17.3. The van der Waals surface area contributed by atoms with Crippen LogP contribution in [0.2, 0.25) is 0 Å². The molecule has 0 aliphatic rings. The third-order valence-corrected chi connectivity index (χ3v) is 5.86. The zero-order valence-corrected chi connectivity index (χ0v) is 17.6. The average Bonchev–Trinajstić information content (AvgIpc) is 3.13. The van der Waals surface area contributed by atoms with Gasteiger partial charge in [-0.1, -0.05) is 12.1 Å². The van der Waals surface area contributed by atoms with Gasteiger partial charge < -0.3 is 13.9 Å². The van der Waals surface area contributed by atoms with Crippen molar-refractivity contribution < 1.29 is 17.9 Å². The van der Waals surface area contributed by atoms with Crippen molar-refractivity contribution in [1.82, 2.24) is 14.1 Å². The second-order valence-corrected chi connectivity index (χ2v) is 9.03. The number of ketones is 1. The Morgan fingerprint density at radius 1 is 1.25 bits per heavy atom. The van der Waals surface area contributed by atoms with Crippen LogP contribution in [0.4, 0.5) is 0 Å². The van der Waals surface area contributed by atoms with E-state index in [4.69, 9.17) is 4.74 Å². The summed E-state index contributed by atoms with van der Waals surface area (Å²) in [6, 6.07) is 9.04. The second-order valence-electron chi connectivity index (χ2n) is 7.12. The zero-order valence-electron chi connectivity index (χ0n) is 16.8. The van der Waals surface area contributed by atoms with Crippen molar-refractivity contribution in [2.45, 2.75) is 38.5 Å². The van der Waals surface area contributed by atoms with E-state index in [2.05, 4.69) is 9.55 Å². The number of sulfone groups is 1. The Labute approximate surface area is 164 Å². The fourth-order valence-corrected chi connectivity index (χ4v) is 4.60. The van der Waals surface area contributed by atoms with Gasteiger partial charge in [0.25, 0.3) is 0 Å². The molecular formula is C20H25N3O4S. The molecule has 3 rings (SSSR count). The van der Waals surface area contributed by atoms with Crippen LogP contribution in [0.5, 0.6) is 0 Å². The number of benzene rings is 1. The van der Waals surface area contributed by atoms with Gasteiger partial charge in [0.15, 0.2) is 5.78 Å². The molecule has 0 unspecified atom stereocenters. The van der Waals surface area contributed by atoms with Gasteiger partial charge in [-0.3, -0.25) is 4.79 Å². The molecule has 28 heavy (non-hydrogen) atoms. The van der Waals surface area contributed by atoms with Gasteiger partial charge in [-0.2, -0.15) is 0 Å². The molecule has 2 aromatic heterocycles. The van der Waals surface area contributed by atoms with E-state index in [-0.39, 0.29) is 23.5 Å². The Balaban J connectivity index is 2.04. The van der Waals surface area contributed by atoms with Crippen LogP contribution in [-0.2, 0) is 21.1 Å². The fraction of sp³-hybridized carbons (Fsp3) is 0.400. The molecule has 3 aromatic rings. The Kier molecular flexibility index (Phi) is 5.45. The lowest BCUT2D eigenvalue weighted by atomic mass is 10.1. The summed E-state index contributed by atoms with van der Waals surface area (Å²) in [6.07, 6.45) is 1.10. The number of Topliss-reactive ketones (excluding diaryl/α,β-unsaturated/α-hetero) is 1. The number of ether oxygens (including phenoxy) is 1. The van der Waals surface area contributed by atoms with Gasteiger partial charge in [-0.05, 0) is 39.0 Å². The van der Waals surface area contributed by atoms with Crippen molar-refractivity contribution >= 4 is 26.7 Å². The molecular weight excluding hydrogens is 378 g/mol. The molecule has 0 aliphatic carbocycles.